The quantitative estimate of drug-likeness (QED) is 0.869. The molecule has 1 aromatic carbocycles. The fraction of sp³-hybridized carbons (Fsp3) is 0.333. The summed E-state index contributed by atoms with van der Waals surface area (Å²) in [6.07, 6.45) is 0.788. The van der Waals surface area contributed by atoms with Crippen molar-refractivity contribution in [1.29, 1.82) is 5.26 Å². The van der Waals surface area contributed by atoms with Gasteiger partial charge < -0.3 is 10.0 Å². The Balaban J connectivity index is 2.93. The molecule has 0 aliphatic rings. The number of benzene rings is 1. The summed E-state index contributed by atoms with van der Waals surface area (Å²) in [6.45, 7) is 2.53. The second-order valence-corrected chi connectivity index (χ2v) is 4.41. The van der Waals surface area contributed by atoms with Gasteiger partial charge in [-0.15, -0.1) is 0 Å². The number of carbonyl (C=O) groups excluding carboxylic acids is 1. The van der Waals surface area contributed by atoms with Gasteiger partial charge in [-0.1, -0.05) is 6.92 Å². The van der Waals surface area contributed by atoms with E-state index in [9.17, 15) is 9.90 Å². The van der Waals surface area contributed by atoms with E-state index in [2.05, 4.69) is 15.9 Å². The Hall–Kier alpha value is -1.54. The molecule has 90 valence electrons. The summed E-state index contributed by atoms with van der Waals surface area (Å²) in [5.41, 5.74) is 0.384. The molecule has 1 rings (SSSR count). The van der Waals surface area contributed by atoms with Gasteiger partial charge in [-0.25, -0.2) is 0 Å². The van der Waals surface area contributed by atoms with Gasteiger partial charge in [0.25, 0.3) is 5.91 Å². The minimum absolute atomic E-state index is 0.0178. The lowest BCUT2D eigenvalue weighted by molar-refractivity contribution is 0.0775. The van der Waals surface area contributed by atoms with E-state index in [0.717, 1.165) is 6.42 Å². The van der Waals surface area contributed by atoms with Crippen LogP contribution in [-0.4, -0.2) is 29.0 Å². The summed E-state index contributed by atoms with van der Waals surface area (Å²) >= 11 is 3.15. The molecular weight excluding hydrogens is 284 g/mol. The molecule has 0 atom stereocenters. The Labute approximate surface area is 109 Å². The predicted octanol–water partition coefficient (Wildman–Crippen LogP) is 2.53. The molecule has 0 fully saturated rings. The zero-order valence-corrected chi connectivity index (χ0v) is 11.1. The van der Waals surface area contributed by atoms with Crippen molar-refractivity contribution in [3.8, 4) is 11.8 Å². The molecule has 0 aliphatic heterocycles. The minimum Gasteiger partial charge on any atom is -0.507 e. The van der Waals surface area contributed by atoms with Crippen LogP contribution in [0.1, 0.15) is 23.7 Å². The summed E-state index contributed by atoms with van der Waals surface area (Å²) in [5.74, 6) is -0.222. The zero-order chi connectivity index (χ0) is 12.8. The Morgan fingerprint density at radius 2 is 2.29 bits per heavy atom. The van der Waals surface area contributed by atoms with E-state index >= 15 is 0 Å². The number of phenolic OH excluding ortho intramolecular Hbond substituents is 1. The first-order valence-electron chi connectivity index (χ1n) is 5.25. The highest BCUT2D eigenvalue weighted by atomic mass is 79.9. The molecule has 4 nitrogen and oxygen atoms in total. The fourth-order valence-electron chi connectivity index (χ4n) is 1.44. The van der Waals surface area contributed by atoms with Crippen molar-refractivity contribution >= 4 is 21.8 Å². The van der Waals surface area contributed by atoms with Crippen LogP contribution < -0.4 is 0 Å². The SMILES string of the molecule is CCCN(CC#N)C(=O)c1ccc(Br)c(O)c1. The predicted molar refractivity (Wildman–Crippen MR) is 67.6 cm³/mol. The molecule has 1 amide bonds. The van der Waals surface area contributed by atoms with Gasteiger partial charge in [0.05, 0.1) is 10.5 Å². The lowest BCUT2D eigenvalue weighted by atomic mass is 10.2. The Morgan fingerprint density at radius 1 is 1.59 bits per heavy atom. The van der Waals surface area contributed by atoms with Crippen molar-refractivity contribution in [1.82, 2.24) is 4.90 Å². The second-order valence-electron chi connectivity index (χ2n) is 3.55. The number of nitrogens with zero attached hydrogens (tertiary/aromatic N) is 2. The number of phenols is 1. The van der Waals surface area contributed by atoms with E-state index in [-0.39, 0.29) is 18.2 Å². The molecule has 1 N–H and O–H groups in total. The van der Waals surface area contributed by atoms with Crippen molar-refractivity contribution in [3.63, 3.8) is 0 Å². The standard InChI is InChI=1S/C12H13BrN2O2/c1-2-6-15(7-5-14)12(17)9-3-4-10(13)11(16)8-9/h3-4,8,16H,2,6-7H2,1H3. The van der Waals surface area contributed by atoms with Crippen LogP contribution in [0.5, 0.6) is 5.75 Å². The molecule has 0 saturated carbocycles. The lowest BCUT2D eigenvalue weighted by Crippen LogP contribution is -2.32. The number of amides is 1. The number of rotatable bonds is 4. The van der Waals surface area contributed by atoms with Crippen LogP contribution in [0.15, 0.2) is 22.7 Å². The van der Waals surface area contributed by atoms with Gasteiger partial charge in [-0.05, 0) is 40.5 Å². The van der Waals surface area contributed by atoms with E-state index in [0.29, 0.717) is 16.6 Å². The van der Waals surface area contributed by atoms with Gasteiger partial charge in [-0.3, -0.25) is 4.79 Å². The van der Waals surface area contributed by atoms with E-state index in [1.807, 2.05) is 13.0 Å². The first-order valence-corrected chi connectivity index (χ1v) is 6.04. The fourth-order valence-corrected chi connectivity index (χ4v) is 1.68. The van der Waals surface area contributed by atoms with Crippen molar-refractivity contribution in [2.45, 2.75) is 13.3 Å². The van der Waals surface area contributed by atoms with Crippen molar-refractivity contribution in [3.05, 3.63) is 28.2 Å². The summed E-state index contributed by atoms with van der Waals surface area (Å²) in [7, 11) is 0. The monoisotopic (exact) mass is 296 g/mol. The average molecular weight is 297 g/mol. The van der Waals surface area contributed by atoms with Crippen LogP contribution in [-0.2, 0) is 0 Å². The van der Waals surface area contributed by atoms with Gasteiger partial charge in [0.1, 0.15) is 12.3 Å². The Bertz CT molecular complexity index is 454. The van der Waals surface area contributed by atoms with E-state index in [1.165, 1.54) is 11.0 Å². The van der Waals surface area contributed by atoms with Gasteiger partial charge in [-0.2, -0.15) is 5.26 Å². The topological polar surface area (TPSA) is 64.3 Å². The number of aromatic hydroxyl groups is 1. The summed E-state index contributed by atoms with van der Waals surface area (Å²) in [6, 6.07) is 6.59. The number of hydrogen-bond acceptors (Lipinski definition) is 3. The third-order valence-corrected chi connectivity index (χ3v) is 2.91. The third kappa shape index (κ3) is 3.46. The van der Waals surface area contributed by atoms with E-state index in [4.69, 9.17) is 5.26 Å². The second kappa shape index (κ2) is 6.26. The Kier molecular flexibility index (Phi) is 4.98. The first kappa shape index (κ1) is 13.5. The van der Waals surface area contributed by atoms with Crippen molar-refractivity contribution in [2.24, 2.45) is 0 Å². The number of carbonyl (C=O) groups is 1. The van der Waals surface area contributed by atoms with Crippen molar-refractivity contribution < 1.29 is 9.90 Å². The normalized spacial score (nSPS) is 9.71. The number of hydrogen-bond donors (Lipinski definition) is 1. The maximum Gasteiger partial charge on any atom is 0.254 e. The maximum absolute atomic E-state index is 12.0. The third-order valence-electron chi connectivity index (χ3n) is 2.24. The van der Waals surface area contributed by atoms with Gasteiger partial charge >= 0.3 is 0 Å². The molecule has 0 bridgehead atoms. The van der Waals surface area contributed by atoms with Crippen LogP contribution in [0, 0.1) is 11.3 Å². The van der Waals surface area contributed by atoms with Crippen molar-refractivity contribution in [2.75, 3.05) is 13.1 Å². The largest absolute Gasteiger partial charge is 0.507 e. The molecule has 17 heavy (non-hydrogen) atoms. The van der Waals surface area contributed by atoms with Gasteiger partial charge in [0, 0.05) is 12.1 Å². The van der Waals surface area contributed by atoms with E-state index < -0.39 is 0 Å². The highest BCUT2D eigenvalue weighted by Crippen LogP contribution is 2.24. The molecule has 0 radical (unpaired) electrons. The molecule has 0 heterocycles. The van der Waals surface area contributed by atoms with Crippen LogP contribution >= 0.6 is 15.9 Å². The number of halogens is 1. The highest BCUT2D eigenvalue weighted by molar-refractivity contribution is 9.10. The average Bonchev–Trinajstić information content (AvgIpc) is 2.31. The molecule has 0 aliphatic carbocycles. The van der Waals surface area contributed by atoms with E-state index in [1.54, 1.807) is 12.1 Å². The van der Waals surface area contributed by atoms with Crippen LogP contribution in [0.4, 0.5) is 0 Å². The van der Waals surface area contributed by atoms with Crippen LogP contribution in [0.3, 0.4) is 0 Å². The van der Waals surface area contributed by atoms with Gasteiger partial charge in [0.15, 0.2) is 0 Å². The lowest BCUT2D eigenvalue weighted by Gasteiger charge is -2.18. The molecule has 0 spiro atoms. The van der Waals surface area contributed by atoms with Gasteiger partial charge in [0.2, 0.25) is 0 Å². The molecule has 0 unspecified atom stereocenters. The molecule has 0 saturated heterocycles. The molecule has 0 aromatic heterocycles. The van der Waals surface area contributed by atoms with Crippen LogP contribution in [0.25, 0.3) is 0 Å². The summed E-state index contributed by atoms with van der Waals surface area (Å²) in [5, 5.41) is 18.2. The summed E-state index contributed by atoms with van der Waals surface area (Å²) < 4.78 is 0.538. The summed E-state index contributed by atoms with van der Waals surface area (Å²) in [4.78, 5) is 13.5. The number of nitriles is 1. The first-order chi connectivity index (χ1) is 8.10. The zero-order valence-electron chi connectivity index (χ0n) is 9.48. The smallest absolute Gasteiger partial charge is 0.254 e. The molecular formula is C12H13BrN2O2. The highest BCUT2D eigenvalue weighted by Gasteiger charge is 2.15. The molecule has 5 heteroatoms. The van der Waals surface area contributed by atoms with Crippen LogP contribution in [0.2, 0.25) is 0 Å². The maximum atomic E-state index is 12.0. The Morgan fingerprint density at radius 3 is 2.82 bits per heavy atom. The minimum atomic E-state index is -0.240. The molecule has 1 aromatic rings.